The van der Waals surface area contributed by atoms with E-state index in [1.54, 1.807) is 0 Å². The third-order valence-electron chi connectivity index (χ3n) is 1.34. The van der Waals surface area contributed by atoms with Crippen molar-refractivity contribution in [1.29, 1.82) is 0 Å². The fraction of sp³-hybridized carbons (Fsp3) is 0.667. The predicted molar refractivity (Wildman–Crippen MR) is 121 cm³/mol. The van der Waals surface area contributed by atoms with Crippen LogP contribution in [0.15, 0.2) is 0 Å². The molecule has 0 bridgehead atoms. The molecule has 0 aliphatic carbocycles. The summed E-state index contributed by atoms with van der Waals surface area (Å²) >= 11 is 0. The van der Waals surface area contributed by atoms with Crippen LogP contribution in [0.3, 0.4) is 0 Å². The van der Waals surface area contributed by atoms with Crippen LogP contribution in [-0.4, -0.2) is 22.2 Å². The molecule has 0 aliphatic heterocycles. The molecule has 0 amide bonds. The van der Waals surface area contributed by atoms with E-state index in [2.05, 4.69) is 46.0 Å². The first kappa shape index (κ1) is 63.6. The molecule has 0 spiro atoms. The summed E-state index contributed by atoms with van der Waals surface area (Å²) in [5.74, 6) is 0. The van der Waals surface area contributed by atoms with Gasteiger partial charge in [0, 0.05) is 119 Å². The van der Waals surface area contributed by atoms with Gasteiger partial charge in [-0.15, -0.1) is 0 Å². The first-order chi connectivity index (χ1) is 14.2. The van der Waals surface area contributed by atoms with Gasteiger partial charge >= 0.3 is 45.2 Å². The minimum absolute atomic E-state index is 0. The summed E-state index contributed by atoms with van der Waals surface area (Å²) in [4.78, 5) is 13.1. The van der Waals surface area contributed by atoms with Crippen molar-refractivity contribution in [2.75, 3.05) is 0 Å². The molecule has 0 N–H and O–H groups in total. The Hall–Kier alpha value is -1.95. The molecule has 0 saturated carbocycles. The Morgan fingerprint density at radius 3 is 0.382 bits per heavy atom. The molecule has 34 heavy (non-hydrogen) atoms. The van der Waals surface area contributed by atoms with Crippen molar-refractivity contribution in [3.63, 3.8) is 0 Å². The zero-order valence-electron chi connectivity index (χ0n) is 22.1. The van der Waals surface area contributed by atoms with Gasteiger partial charge in [-0.25, -0.2) is 26.3 Å². The minimum atomic E-state index is -0.167. The van der Waals surface area contributed by atoms with E-state index in [4.69, 9.17) is 44.9 Å². The van der Waals surface area contributed by atoms with Crippen molar-refractivity contribution < 1.29 is 54.9 Å². The van der Waals surface area contributed by atoms with Crippen LogP contribution in [0.5, 0.6) is 0 Å². The molecule has 8 nitrogen and oxygen atoms in total. The van der Waals surface area contributed by atoms with Crippen molar-refractivity contribution in [3.8, 4) is 0 Å². The maximum atomic E-state index is 7.50. The maximum absolute atomic E-state index is 7.50. The molecule has 0 aromatic heterocycles. The molecular weight excluding hydrogens is 570 g/mol. The van der Waals surface area contributed by atoms with Gasteiger partial charge in [0.2, 0.25) is 22.2 Å². The fourth-order valence-electron chi connectivity index (χ4n) is 0. The van der Waals surface area contributed by atoms with E-state index in [-0.39, 0.29) is 58.4 Å². The van der Waals surface area contributed by atoms with E-state index in [0.29, 0.717) is 0 Å². The van der Waals surface area contributed by atoms with Gasteiger partial charge in [0.15, 0.2) is 0 Å². The number of hydrogen-bond acceptors (Lipinski definition) is 0. The van der Waals surface area contributed by atoms with Gasteiger partial charge in [-0.1, -0.05) is 0 Å². The third kappa shape index (κ3) is 251. The van der Waals surface area contributed by atoms with Gasteiger partial charge in [-0.3, -0.25) is 0 Å². The molecule has 0 unspecified atom stereocenters. The summed E-state index contributed by atoms with van der Waals surface area (Å²) in [6.45, 7) is 66.6. The Morgan fingerprint density at radius 2 is 0.382 bits per heavy atom. The van der Waals surface area contributed by atoms with Gasteiger partial charge in [0.1, 0.15) is 0 Å². The topological polar surface area (TPSA) is 97.0 Å². The van der Waals surface area contributed by atoms with Crippen LogP contribution in [-0.2, 0) is 54.9 Å². The molecule has 194 valence electrons. The van der Waals surface area contributed by atoms with E-state index in [1.165, 1.54) is 0 Å². The summed E-state index contributed by atoms with van der Waals surface area (Å²) in [5, 5.41) is 0. The molecule has 0 saturated heterocycles. The Morgan fingerprint density at radius 1 is 0.353 bits per heavy atom. The van der Waals surface area contributed by atoms with E-state index in [9.17, 15) is 0 Å². The first-order valence-corrected chi connectivity index (χ1v) is 8.61. The molecule has 2 radical (unpaired) electrons. The largest absolute Gasteiger partial charge is 0 e. The van der Waals surface area contributed by atoms with Gasteiger partial charge in [-0.2, -0.15) is 0 Å². The van der Waals surface area contributed by atoms with E-state index in [1.807, 2.05) is 83.1 Å². The summed E-state index contributed by atoms with van der Waals surface area (Å²) < 4.78 is 30.0. The molecule has 0 aliphatic rings. The SMILES string of the molecule is [C-]#[N+]C(C)(C)C.[C-]#[N+]C(C)(C)C.[C-]#[N+]C(C)(C)C.[C-]#[N+]C(C)(C)C.[C-]#[O+].[C-]#[O+].[C-]#[O+].[C-]#[O+].[Co].[Rh]. The summed E-state index contributed by atoms with van der Waals surface area (Å²) in [5.41, 5.74) is -0.667. The van der Waals surface area contributed by atoms with Gasteiger partial charge in [0.05, 0.1) is 0 Å². The maximum Gasteiger partial charge on any atom is 0 e. The second-order valence-corrected chi connectivity index (χ2v) is 9.13. The molecule has 10 heteroatoms. The third-order valence-corrected chi connectivity index (χ3v) is 1.34. The molecule has 0 aromatic carbocycles. The number of rotatable bonds is 0. The van der Waals surface area contributed by atoms with Crippen LogP contribution in [0.1, 0.15) is 83.1 Å². The summed E-state index contributed by atoms with van der Waals surface area (Å²) in [6.07, 6.45) is 0. The minimum Gasteiger partial charge on any atom is 0 e. The van der Waals surface area contributed by atoms with Crippen LogP contribution < -0.4 is 0 Å². The van der Waals surface area contributed by atoms with E-state index < -0.39 is 0 Å². The number of hydrogen-bond donors (Lipinski definition) is 0. The Labute approximate surface area is 231 Å². The van der Waals surface area contributed by atoms with Crippen LogP contribution in [0.2, 0.25) is 0 Å². The smallest absolute Gasteiger partial charge is 0 e. The fourth-order valence-corrected chi connectivity index (χ4v) is 0. The van der Waals surface area contributed by atoms with Gasteiger partial charge in [-0.05, 0) is 0 Å². The van der Waals surface area contributed by atoms with Crippen molar-refractivity contribution in [1.82, 2.24) is 0 Å². The summed E-state index contributed by atoms with van der Waals surface area (Å²) in [7, 11) is 0. The quantitative estimate of drug-likeness (QED) is 0.168. The normalized spacial score (nSPS) is 7.53. The van der Waals surface area contributed by atoms with Crippen molar-refractivity contribution in [3.05, 3.63) is 72.3 Å². The van der Waals surface area contributed by atoms with E-state index >= 15 is 0 Å². The average molecular weight is 606 g/mol. The molecule has 0 rings (SSSR count). The van der Waals surface area contributed by atoms with Crippen molar-refractivity contribution in [2.24, 2.45) is 0 Å². The standard InChI is InChI=1S/4C5H9N.4CO.Co.Rh/c4*1-5(2,3)6-4;4*1-2;;/h4*1-3H3;;;;;;. The Kier molecular flexibility index (Phi) is 77.2. The van der Waals surface area contributed by atoms with Gasteiger partial charge < -0.3 is 19.4 Å². The molecule has 0 fully saturated rings. The second kappa shape index (κ2) is 41.3. The van der Waals surface area contributed by atoms with Crippen molar-refractivity contribution >= 4 is 0 Å². The monoisotopic (exact) mass is 606 g/mol. The average Bonchev–Trinajstić information content (AvgIpc) is 2.73. The molecule has 0 atom stereocenters. The zero-order valence-corrected chi connectivity index (χ0v) is 24.8. The van der Waals surface area contributed by atoms with Crippen LogP contribution in [0.4, 0.5) is 0 Å². The molecular formula is C24H36CoN4O4Rh. The Balaban J connectivity index is -0.0000000252. The number of nitrogens with zero attached hydrogens (tertiary/aromatic N) is 4. The summed E-state index contributed by atoms with van der Waals surface area (Å²) in [6, 6.07) is 0. The molecule has 0 aromatic rings. The van der Waals surface area contributed by atoms with Crippen LogP contribution in [0.25, 0.3) is 19.4 Å². The van der Waals surface area contributed by atoms with Crippen LogP contribution >= 0.6 is 0 Å². The first-order valence-electron chi connectivity index (χ1n) is 8.61. The Bertz CT molecular complexity index is 541. The second-order valence-electron chi connectivity index (χ2n) is 9.13. The molecule has 0 heterocycles. The van der Waals surface area contributed by atoms with E-state index in [0.717, 1.165) is 0 Å². The predicted octanol–water partition coefficient (Wildman–Crippen LogP) is 6.66. The van der Waals surface area contributed by atoms with Crippen molar-refractivity contribution in [2.45, 2.75) is 105 Å². The van der Waals surface area contributed by atoms with Gasteiger partial charge in [0.25, 0.3) is 0 Å². The van der Waals surface area contributed by atoms with Crippen LogP contribution in [0, 0.1) is 52.9 Å². The zero-order chi connectivity index (χ0) is 28.8.